The molecule has 1 amide bonds. The molecule has 1 atom stereocenters. The lowest BCUT2D eigenvalue weighted by atomic mass is 10.00. The van der Waals surface area contributed by atoms with Gasteiger partial charge in [-0.3, -0.25) is 4.79 Å². The molecule has 136 valence electrons. The zero-order chi connectivity index (χ0) is 18.4. The van der Waals surface area contributed by atoms with Crippen molar-refractivity contribution in [2.75, 3.05) is 19.6 Å². The first-order valence-electron chi connectivity index (χ1n) is 8.58. The van der Waals surface area contributed by atoms with Gasteiger partial charge < -0.3 is 10.6 Å². The Labute approximate surface area is 148 Å². The van der Waals surface area contributed by atoms with Crippen LogP contribution in [0.4, 0.5) is 8.78 Å². The second-order valence-electron chi connectivity index (χ2n) is 6.79. The average molecular weight is 348 g/mol. The molecule has 1 fully saturated rings. The number of benzene rings is 1. The van der Waals surface area contributed by atoms with Crippen LogP contribution in [0.1, 0.15) is 37.8 Å². The van der Waals surface area contributed by atoms with E-state index in [2.05, 4.69) is 17.2 Å². The zero-order valence-electron chi connectivity index (χ0n) is 14.9. The van der Waals surface area contributed by atoms with Crippen LogP contribution in [0.15, 0.2) is 42.5 Å². The van der Waals surface area contributed by atoms with Crippen LogP contribution in [-0.4, -0.2) is 25.5 Å². The molecule has 0 unspecified atom stereocenters. The third kappa shape index (κ3) is 6.09. The van der Waals surface area contributed by atoms with Crippen molar-refractivity contribution in [1.29, 1.82) is 0 Å². The van der Waals surface area contributed by atoms with Gasteiger partial charge in [0.25, 0.3) is 5.92 Å². The molecule has 1 aliphatic rings. The van der Waals surface area contributed by atoms with E-state index in [1.165, 1.54) is 12.1 Å². The topological polar surface area (TPSA) is 41.1 Å². The minimum absolute atomic E-state index is 0.0150. The summed E-state index contributed by atoms with van der Waals surface area (Å²) < 4.78 is 26.9. The minimum atomic E-state index is -2.84. The fraction of sp³-hybridized carbons (Fsp3) is 0.450. The molecule has 25 heavy (non-hydrogen) atoms. The molecule has 0 aliphatic carbocycles. The number of carbonyl (C=O) groups is 1. The first kappa shape index (κ1) is 19.3. The van der Waals surface area contributed by atoms with E-state index in [0.717, 1.165) is 43.1 Å². The number of halogens is 2. The lowest BCUT2D eigenvalue weighted by Crippen LogP contribution is -2.21. The molecule has 3 nitrogen and oxygen atoms in total. The Balaban J connectivity index is 1.82. The summed E-state index contributed by atoms with van der Waals surface area (Å²) in [6.45, 7) is 9.04. The molecule has 0 aromatic heterocycles. The highest BCUT2D eigenvalue weighted by molar-refractivity contribution is 5.78. The number of hydrogen-bond donors (Lipinski definition) is 2. The zero-order valence-corrected chi connectivity index (χ0v) is 14.9. The molecule has 1 aromatic carbocycles. The largest absolute Gasteiger partial charge is 0.356 e. The Bertz CT molecular complexity index is 662. The van der Waals surface area contributed by atoms with Gasteiger partial charge in [-0.15, -0.1) is 0 Å². The van der Waals surface area contributed by atoms with Crippen molar-refractivity contribution in [2.24, 2.45) is 5.92 Å². The maximum Gasteiger partial charge on any atom is 0.270 e. The molecule has 5 heteroatoms. The van der Waals surface area contributed by atoms with Crippen LogP contribution in [0.25, 0.3) is 5.57 Å². The third-order valence-electron chi connectivity index (χ3n) is 4.39. The molecule has 2 N–H and O–H groups in total. The highest BCUT2D eigenvalue weighted by Gasteiger charge is 2.24. The second-order valence-corrected chi connectivity index (χ2v) is 6.79. The number of amides is 1. The molecule has 2 rings (SSSR count). The van der Waals surface area contributed by atoms with Crippen LogP contribution in [0.2, 0.25) is 0 Å². The van der Waals surface area contributed by atoms with Crippen LogP contribution >= 0.6 is 0 Å². The fourth-order valence-corrected chi connectivity index (χ4v) is 2.90. The smallest absolute Gasteiger partial charge is 0.270 e. The highest BCUT2D eigenvalue weighted by Crippen LogP contribution is 2.29. The van der Waals surface area contributed by atoms with Gasteiger partial charge in [0.2, 0.25) is 5.91 Å². The van der Waals surface area contributed by atoms with Crippen LogP contribution < -0.4 is 10.6 Å². The number of carbonyl (C=O) groups excluding carboxylic acids is 1. The molecule has 1 aromatic rings. The second kappa shape index (κ2) is 8.39. The monoisotopic (exact) mass is 348 g/mol. The van der Waals surface area contributed by atoms with Crippen molar-refractivity contribution in [3.8, 4) is 0 Å². The predicted molar refractivity (Wildman–Crippen MR) is 97.4 cm³/mol. The lowest BCUT2D eigenvalue weighted by Gasteiger charge is -2.13. The van der Waals surface area contributed by atoms with Crippen LogP contribution in [0.5, 0.6) is 0 Å². The Morgan fingerprint density at radius 1 is 1.48 bits per heavy atom. The van der Waals surface area contributed by atoms with Crippen molar-refractivity contribution in [1.82, 2.24) is 10.6 Å². The molecule has 1 saturated heterocycles. The van der Waals surface area contributed by atoms with E-state index in [1.807, 2.05) is 19.1 Å². The molecule has 1 aliphatic heterocycles. The van der Waals surface area contributed by atoms with E-state index in [-0.39, 0.29) is 11.5 Å². The van der Waals surface area contributed by atoms with Gasteiger partial charge in [0.1, 0.15) is 0 Å². The van der Waals surface area contributed by atoms with E-state index in [0.29, 0.717) is 18.9 Å². The van der Waals surface area contributed by atoms with Gasteiger partial charge in [0.15, 0.2) is 0 Å². The Hall–Kier alpha value is -2.01. The summed E-state index contributed by atoms with van der Waals surface area (Å²) in [7, 11) is 0. The summed E-state index contributed by atoms with van der Waals surface area (Å²) in [6, 6.07) is 6.44. The minimum Gasteiger partial charge on any atom is -0.356 e. The van der Waals surface area contributed by atoms with Crippen molar-refractivity contribution < 1.29 is 13.6 Å². The number of rotatable bonds is 8. The third-order valence-corrected chi connectivity index (χ3v) is 4.39. The van der Waals surface area contributed by atoms with E-state index >= 15 is 0 Å². The molecular formula is C20H26F2N2O. The number of allylic oxidation sites excluding steroid dienone is 1. The van der Waals surface area contributed by atoms with Crippen molar-refractivity contribution in [3.63, 3.8) is 0 Å². The summed E-state index contributed by atoms with van der Waals surface area (Å²) in [6.07, 6.45) is 3.48. The fourth-order valence-electron chi connectivity index (χ4n) is 2.90. The molecule has 0 radical (unpaired) electrons. The summed E-state index contributed by atoms with van der Waals surface area (Å²) in [5.41, 5.74) is 2.59. The van der Waals surface area contributed by atoms with Crippen molar-refractivity contribution in [3.05, 3.63) is 53.6 Å². The maximum absolute atomic E-state index is 13.4. The first-order valence-corrected chi connectivity index (χ1v) is 8.58. The molecule has 0 bridgehead atoms. The number of nitrogens with one attached hydrogen (secondary N) is 2. The lowest BCUT2D eigenvalue weighted by molar-refractivity contribution is -0.119. The maximum atomic E-state index is 13.4. The van der Waals surface area contributed by atoms with Crippen LogP contribution in [0.3, 0.4) is 0 Å². The Morgan fingerprint density at radius 3 is 2.88 bits per heavy atom. The Morgan fingerprint density at radius 2 is 2.24 bits per heavy atom. The van der Waals surface area contributed by atoms with E-state index in [4.69, 9.17) is 0 Å². The number of hydrogen-bond acceptors (Lipinski definition) is 2. The average Bonchev–Trinajstić information content (AvgIpc) is 2.96. The van der Waals surface area contributed by atoms with Gasteiger partial charge in [-0.1, -0.05) is 30.9 Å². The molecular weight excluding hydrogens is 322 g/mol. The normalized spacial score (nSPS) is 18.3. The van der Waals surface area contributed by atoms with Gasteiger partial charge in [0, 0.05) is 32.0 Å². The van der Waals surface area contributed by atoms with Crippen LogP contribution in [0, 0.1) is 5.92 Å². The van der Waals surface area contributed by atoms with Crippen LogP contribution in [-0.2, 0) is 10.7 Å². The van der Waals surface area contributed by atoms with E-state index in [1.54, 1.807) is 6.07 Å². The van der Waals surface area contributed by atoms with Gasteiger partial charge in [-0.25, -0.2) is 8.78 Å². The highest BCUT2D eigenvalue weighted by atomic mass is 19.3. The van der Waals surface area contributed by atoms with Gasteiger partial charge in [-0.05, 0) is 48.6 Å². The number of alkyl halides is 2. The molecule has 0 saturated carbocycles. The van der Waals surface area contributed by atoms with Crippen molar-refractivity contribution >= 4 is 11.5 Å². The molecule has 0 spiro atoms. The summed E-state index contributed by atoms with van der Waals surface area (Å²) >= 11 is 0. The Kier molecular flexibility index (Phi) is 6.48. The summed E-state index contributed by atoms with van der Waals surface area (Å²) in [4.78, 5) is 11.1. The summed E-state index contributed by atoms with van der Waals surface area (Å²) in [5, 5.41) is 6.15. The van der Waals surface area contributed by atoms with Gasteiger partial charge in [0.05, 0.1) is 0 Å². The van der Waals surface area contributed by atoms with E-state index < -0.39 is 5.92 Å². The SMILES string of the molecule is C=C(/C=C(\C)c1cccc(C(C)(F)F)c1)CNCC[C@H]1CNC(=O)C1. The van der Waals surface area contributed by atoms with Gasteiger partial charge >= 0.3 is 0 Å². The van der Waals surface area contributed by atoms with E-state index in [9.17, 15) is 13.6 Å². The predicted octanol–water partition coefficient (Wildman–Crippen LogP) is 3.87. The molecule has 1 heterocycles. The first-order chi connectivity index (χ1) is 11.8. The quantitative estimate of drug-likeness (QED) is 0.553. The van der Waals surface area contributed by atoms with Crippen molar-refractivity contribution in [2.45, 2.75) is 32.6 Å². The van der Waals surface area contributed by atoms with Gasteiger partial charge in [-0.2, -0.15) is 0 Å². The standard InChI is InChI=1S/C20H26F2N2O/c1-14(12-23-8-7-16-10-19(25)24-13-16)9-15(2)17-5-4-6-18(11-17)20(3,21)22/h4-6,9,11,16,23H,1,7-8,10,12-13H2,2-3H3,(H,24,25)/b15-9+/t16-/m1/s1. The summed E-state index contributed by atoms with van der Waals surface area (Å²) in [5.74, 6) is -2.30.